The third kappa shape index (κ3) is 9.18. The van der Waals surface area contributed by atoms with Crippen LogP contribution in [0.4, 0.5) is 4.79 Å². The molecule has 2 unspecified atom stereocenters. The Hall–Kier alpha value is -2.73. The van der Waals surface area contributed by atoms with Gasteiger partial charge in [0.15, 0.2) is 5.78 Å². The number of hydrogen-bond donors (Lipinski definition) is 5. The van der Waals surface area contributed by atoms with Crippen LogP contribution in [0.15, 0.2) is 0 Å². The van der Waals surface area contributed by atoms with Gasteiger partial charge in [0.05, 0.1) is 18.6 Å². The summed E-state index contributed by atoms with van der Waals surface area (Å²) in [5.41, 5.74) is 5.23. The van der Waals surface area contributed by atoms with Crippen LogP contribution in [0.25, 0.3) is 0 Å². The maximum Gasteiger partial charge on any atom is 0.315 e. The smallest absolute Gasteiger partial charge is 0.315 e. The van der Waals surface area contributed by atoms with Gasteiger partial charge in [0.2, 0.25) is 17.7 Å². The normalized spacial score (nSPS) is 25.2. The molecule has 0 aromatic rings. The van der Waals surface area contributed by atoms with E-state index in [0.29, 0.717) is 51.0 Å². The average molecular weight is 633 g/mol. The Bertz CT molecular complexity index is 1070. The molecule has 45 heavy (non-hydrogen) atoms. The second-order valence-corrected chi connectivity index (χ2v) is 14.8. The minimum absolute atomic E-state index is 0.0647. The molecule has 4 fully saturated rings. The van der Waals surface area contributed by atoms with Crippen LogP contribution in [-0.4, -0.2) is 94.5 Å². The van der Waals surface area contributed by atoms with Gasteiger partial charge >= 0.3 is 6.03 Å². The van der Waals surface area contributed by atoms with E-state index in [-0.39, 0.29) is 42.5 Å². The molecule has 2 saturated carbocycles. The Kier molecular flexibility index (Phi) is 12.3. The average Bonchev–Trinajstić information content (AvgIpc) is 3.48. The van der Waals surface area contributed by atoms with Gasteiger partial charge in [-0.25, -0.2) is 4.79 Å². The van der Waals surface area contributed by atoms with Crippen LogP contribution in [-0.2, 0) is 19.2 Å². The molecule has 2 heterocycles. The molecule has 0 spiro atoms. The van der Waals surface area contributed by atoms with Gasteiger partial charge in [0.1, 0.15) is 18.3 Å². The first-order chi connectivity index (χ1) is 21.4. The molecule has 12 nitrogen and oxygen atoms in total. The number of nitrogens with one attached hydrogen (secondary N) is 3. The lowest BCUT2D eigenvalue weighted by atomic mass is 9.80. The van der Waals surface area contributed by atoms with Crippen LogP contribution in [0.2, 0.25) is 0 Å². The molecule has 0 bridgehead atoms. The van der Waals surface area contributed by atoms with Crippen LogP contribution in [0.5, 0.6) is 0 Å². The number of piperidine rings is 1. The summed E-state index contributed by atoms with van der Waals surface area (Å²) in [5.74, 6) is -0.608. The number of aliphatic hydroxyl groups excluding tert-OH is 1. The van der Waals surface area contributed by atoms with E-state index < -0.39 is 41.8 Å². The van der Waals surface area contributed by atoms with Gasteiger partial charge < -0.3 is 36.6 Å². The fourth-order valence-electron chi connectivity index (χ4n) is 7.27. The van der Waals surface area contributed by atoms with Gasteiger partial charge in [0.25, 0.3) is 0 Å². The number of aliphatic hydroxyl groups is 1. The number of hydrogen-bond acceptors (Lipinski definition) is 7. The Labute approximate surface area is 268 Å². The number of carbonyl (C=O) groups excluding carboxylic acids is 5. The Morgan fingerprint density at radius 2 is 1.62 bits per heavy atom. The zero-order valence-electron chi connectivity index (χ0n) is 27.5. The molecule has 0 aromatic carbocycles. The summed E-state index contributed by atoms with van der Waals surface area (Å²) in [7, 11) is 0. The molecule has 12 heteroatoms. The highest BCUT2D eigenvalue weighted by atomic mass is 16.3. The number of Topliss-reactive ketones (excluding diaryl/α,β-unsaturated/α-hetero) is 1. The number of urea groups is 1. The predicted octanol–water partition coefficient (Wildman–Crippen LogP) is 2.17. The lowest BCUT2D eigenvalue weighted by molar-refractivity contribution is -0.147. The molecule has 2 saturated heterocycles. The van der Waals surface area contributed by atoms with Crippen LogP contribution >= 0.6 is 0 Å². The molecule has 2 aliphatic heterocycles. The summed E-state index contributed by atoms with van der Waals surface area (Å²) < 4.78 is 0. The number of nitrogens with zero attached hydrogens (tertiary/aromatic N) is 2. The van der Waals surface area contributed by atoms with Crippen LogP contribution in [0.3, 0.4) is 0 Å². The first-order valence-electron chi connectivity index (χ1n) is 17.3. The molecule has 5 atom stereocenters. The first-order valence-corrected chi connectivity index (χ1v) is 17.3. The second kappa shape index (κ2) is 15.7. The van der Waals surface area contributed by atoms with Gasteiger partial charge in [-0.1, -0.05) is 59.3 Å². The van der Waals surface area contributed by atoms with Crippen molar-refractivity contribution in [3.8, 4) is 0 Å². The van der Waals surface area contributed by atoms with Crippen molar-refractivity contribution in [2.75, 3.05) is 19.6 Å². The molecule has 2 aliphatic carbocycles. The molecule has 254 valence electrons. The topological polar surface area (TPSA) is 174 Å². The number of likely N-dealkylation sites (tertiary alicyclic amines) is 2. The van der Waals surface area contributed by atoms with E-state index in [4.69, 9.17) is 5.73 Å². The molecular formula is C33H56N6O6. The third-order valence-electron chi connectivity index (χ3n) is 10.5. The number of ketones is 1. The number of carbonyl (C=O) groups is 5. The number of rotatable bonds is 12. The maximum absolute atomic E-state index is 14.2. The van der Waals surface area contributed by atoms with Gasteiger partial charge in [-0.05, 0) is 62.2 Å². The van der Waals surface area contributed by atoms with Crippen molar-refractivity contribution in [3.05, 3.63) is 0 Å². The van der Waals surface area contributed by atoms with Crippen molar-refractivity contribution in [2.45, 2.75) is 141 Å². The maximum atomic E-state index is 14.2. The SMILES string of the molecule is CC(C)(C)[C@@H](CN1C(=O)CCCC1O)NC(=O)N[C@H](C(=O)N1CCC[C@H]1C(=O)NC(CC1CCC1)C(=O)CN)C1CCCCC1. The molecule has 4 aliphatic rings. The number of nitrogens with two attached hydrogens (primary N) is 1. The van der Waals surface area contributed by atoms with E-state index in [1.807, 2.05) is 20.8 Å². The lowest BCUT2D eigenvalue weighted by Crippen LogP contribution is -2.61. The summed E-state index contributed by atoms with van der Waals surface area (Å²) in [4.78, 5) is 69.6. The fourth-order valence-corrected chi connectivity index (χ4v) is 7.27. The predicted molar refractivity (Wildman–Crippen MR) is 170 cm³/mol. The highest BCUT2D eigenvalue weighted by Crippen LogP contribution is 2.32. The van der Waals surface area contributed by atoms with Crippen molar-refractivity contribution < 1.29 is 29.1 Å². The summed E-state index contributed by atoms with van der Waals surface area (Å²) in [6, 6.07) is -3.15. The Balaban J connectivity index is 1.46. The Morgan fingerprint density at radius 3 is 2.22 bits per heavy atom. The fraction of sp³-hybridized carbons (Fsp3) is 0.848. The van der Waals surface area contributed by atoms with Gasteiger partial charge in [-0.3, -0.25) is 19.2 Å². The van der Waals surface area contributed by atoms with E-state index in [1.165, 1.54) is 4.90 Å². The summed E-state index contributed by atoms with van der Waals surface area (Å²) in [6.07, 6.45) is 10.2. The van der Waals surface area contributed by atoms with Gasteiger partial charge in [0, 0.05) is 19.5 Å². The van der Waals surface area contributed by atoms with E-state index in [1.54, 1.807) is 4.90 Å². The molecule has 5 amide bonds. The van der Waals surface area contributed by atoms with E-state index >= 15 is 0 Å². The minimum atomic E-state index is -0.885. The van der Waals surface area contributed by atoms with Crippen LogP contribution in [0, 0.1) is 17.3 Å². The highest BCUT2D eigenvalue weighted by molar-refractivity contribution is 5.95. The van der Waals surface area contributed by atoms with Crippen molar-refractivity contribution in [1.29, 1.82) is 0 Å². The van der Waals surface area contributed by atoms with E-state index in [9.17, 15) is 29.1 Å². The molecule has 6 N–H and O–H groups in total. The van der Waals surface area contributed by atoms with Crippen molar-refractivity contribution in [1.82, 2.24) is 25.8 Å². The molecule has 0 aromatic heterocycles. The van der Waals surface area contributed by atoms with Crippen molar-refractivity contribution >= 4 is 29.5 Å². The summed E-state index contributed by atoms with van der Waals surface area (Å²) in [6.45, 7) is 6.31. The monoisotopic (exact) mass is 632 g/mol. The largest absolute Gasteiger partial charge is 0.374 e. The third-order valence-corrected chi connectivity index (χ3v) is 10.5. The summed E-state index contributed by atoms with van der Waals surface area (Å²) >= 11 is 0. The van der Waals surface area contributed by atoms with E-state index in [2.05, 4.69) is 16.0 Å². The zero-order chi connectivity index (χ0) is 32.7. The van der Waals surface area contributed by atoms with Gasteiger partial charge in [-0.2, -0.15) is 0 Å². The van der Waals surface area contributed by atoms with Gasteiger partial charge in [-0.15, -0.1) is 0 Å². The zero-order valence-corrected chi connectivity index (χ0v) is 27.5. The van der Waals surface area contributed by atoms with Crippen molar-refractivity contribution in [2.24, 2.45) is 23.0 Å². The van der Waals surface area contributed by atoms with E-state index in [0.717, 1.165) is 51.4 Å². The summed E-state index contributed by atoms with van der Waals surface area (Å²) in [5, 5.41) is 19.4. The molecule has 0 radical (unpaired) electrons. The second-order valence-electron chi connectivity index (χ2n) is 14.8. The quantitative estimate of drug-likeness (QED) is 0.219. The first kappa shape index (κ1) is 35.1. The van der Waals surface area contributed by atoms with Crippen molar-refractivity contribution in [3.63, 3.8) is 0 Å². The highest BCUT2D eigenvalue weighted by Gasteiger charge is 2.42. The molecular weight excluding hydrogens is 576 g/mol. The van der Waals surface area contributed by atoms with Crippen LogP contribution < -0.4 is 21.7 Å². The van der Waals surface area contributed by atoms with Crippen LogP contribution in [0.1, 0.15) is 111 Å². The standard InChI is InChI=1S/C33H56N6O6/c1-33(2,3)26(20-39-27(41)15-8-16-28(39)42)36-32(45)37-29(22-12-5-4-6-13-22)31(44)38-17-9-14-24(38)30(43)35-23(25(40)19-34)18-21-10-7-11-21/h21-24,26-27,29,41H,4-20,34H2,1-3H3,(H,35,43)(H2,36,37,45)/t23?,24-,26+,27?,29-/m0/s1. The molecule has 4 rings (SSSR count). The minimum Gasteiger partial charge on any atom is -0.374 e. The lowest BCUT2D eigenvalue weighted by Gasteiger charge is -2.40. The number of amides is 5. The Morgan fingerprint density at radius 1 is 0.911 bits per heavy atom.